The van der Waals surface area contributed by atoms with Gasteiger partial charge in [-0.15, -0.1) is 0 Å². The highest BCUT2D eigenvalue weighted by Crippen LogP contribution is 2.24. The van der Waals surface area contributed by atoms with Crippen molar-refractivity contribution in [3.05, 3.63) is 0 Å². The highest BCUT2D eigenvalue weighted by Gasteiger charge is 2.33. The van der Waals surface area contributed by atoms with Crippen LogP contribution in [0.1, 0.15) is 40.0 Å². The summed E-state index contributed by atoms with van der Waals surface area (Å²) >= 11 is 0. The monoisotopic (exact) mass is 255 g/mol. The van der Waals surface area contributed by atoms with Gasteiger partial charge < -0.3 is 16.4 Å². The van der Waals surface area contributed by atoms with Gasteiger partial charge in [0.15, 0.2) is 0 Å². The molecule has 1 fully saturated rings. The van der Waals surface area contributed by atoms with Gasteiger partial charge in [0.1, 0.15) is 0 Å². The average Bonchev–Trinajstić information content (AvgIpc) is 2.25. The maximum atomic E-state index is 12.3. The van der Waals surface area contributed by atoms with E-state index in [2.05, 4.69) is 0 Å². The van der Waals surface area contributed by atoms with Gasteiger partial charge in [-0.1, -0.05) is 20.8 Å². The summed E-state index contributed by atoms with van der Waals surface area (Å²) in [6.07, 6.45) is 2.23. The Morgan fingerprint density at radius 2 is 2.00 bits per heavy atom. The zero-order valence-corrected chi connectivity index (χ0v) is 11.6. The van der Waals surface area contributed by atoms with E-state index in [9.17, 15) is 9.59 Å². The van der Waals surface area contributed by atoms with Gasteiger partial charge in [-0.3, -0.25) is 9.59 Å². The van der Waals surface area contributed by atoms with Crippen molar-refractivity contribution in [3.63, 3.8) is 0 Å². The Morgan fingerprint density at radius 3 is 2.50 bits per heavy atom. The summed E-state index contributed by atoms with van der Waals surface area (Å²) in [5.41, 5.74) is 11.0. The molecule has 5 heteroatoms. The molecule has 1 aliphatic heterocycles. The molecule has 5 nitrogen and oxygen atoms in total. The number of likely N-dealkylation sites (tertiary alicyclic amines) is 1. The first-order valence-electron chi connectivity index (χ1n) is 6.54. The molecule has 0 aliphatic carbocycles. The van der Waals surface area contributed by atoms with Gasteiger partial charge in [-0.05, 0) is 24.2 Å². The third kappa shape index (κ3) is 3.98. The van der Waals surface area contributed by atoms with E-state index < -0.39 is 6.04 Å². The summed E-state index contributed by atoms with van der Waals surface area (Å²) in [5, 5.41) is 0. The first-order valence-corrected chi connectivity index (χ1v) is 6.54. The molecule has 104 valence electrons. The molecular weight excluding hydrogens is 230 g/mol. The van der Waals surface area contributed by atoms with E-state index in [1.165, 1.54) is 0 Å². The molecule has 1 saturated heterocycles. The SMILES string of the molecule is CC(C)(C)[C@H](N)C(=O)N1CCCC(CC(N)=O)C1. The number of nitrogens with zero attached hydrogens (tertiary/aromatic N) is 1. The van der Waals surface area contributed by atoms with Crippen molar-refractivity contribution in [3.8, 4) is 0 Å². The number of hydrogen-bond donors (Lipinski definition) is 2. The summed E-state index contributed by atoms with van der Waals surface area (Å²) in [6.45, 7) is 7.21. The van der Waals surface area contributed by atoms with Crippen molar-refractivity contribution >= 4 is 11.8 Å². The van der Waals surface area contributed by atoms with Crippen LogP contribution < -0.4 is 11.5 Å². The van der Waals surface area contributed by atoms with E-state index in [1.54, 1.807) is 4.90 Å². The van der Waals surface area contributed by atoms with Crippen LogP contribution in [-0.2, 0) is 9.59 Å². The Balaban J connectivity index is 2.61. The number of amides is 2. The number of piperidine rings is 1. The van der Waals surface area contributed by atoms with Crippen LogP contribution in [0.3, 0.4) is 0 Å². The fourth-order valence-corrected chi connectivity index (χ4v) is 2.28. The lowest BCUT2D eigenvalue weighted by molar-refractivity contribution is -0.137. The van der Waals surface area contributed by atoms with Crippen LogP contribution in [0.15, 0.2) is 0 Å². The molecule has 0 bridgehead atoms. The first-order chi connectivity index (χ1) is 8.21. The molecule has 0 aromatic heterocycles. The summed E-state index contributed by atoms with van der Waals surface area (Å²) < 4.78 is 0. The van der Waals surface area contributed by atoms with Crippen molar-refractivity contribution in [1.82, 2.24) is 4.90 Å². The number of rotatable bonds is 3. The molecule has 1 heterocycles. The fourth-order valence-electron chi connectivity index (χ4n) is 2.28. The predicted molar refractivity (Wildman–Crippen MR) is 70.5 cm³/mol. The van der Waals surface area contributed by atoms with E-state index in [-0.39, 0.29) is 23.1 Å². The fraction of sp³-hybridized carbons (Fsp3) is 0.846. The number of primary amides is 1. The average molecular weight is 255 g/mol. The number of carbonyl (C=O) groups excluding carboxylic acids is 2. The molecule has 18 heavy (non-hydrogen) atoms. The Kier molecular flexibility index (Phi) is 4.73. The molecule has 4 N–H and O–H groups in total. The van der Waals surface area contributed by atoms with E-state index >= 15 is 0 Å². The van der Waals surface area contributed by atoms with Crippen molar-refractivity contribution in [2.45, 2.75) is 46.1 Å². The van der Waals surface area contributed by atoms with Crippen molar-refractivity contribution in [2.75, 3.05) is 13.1 Å². The summed E-state index contributed by atoms with van der Waals surface area (Å²) in [6, 6.07) is -0.496. The standard InChI is InChI=1S/C13H25N3O2/c1-13(2,3)11(15)12(18)16-6-4-5-9(8-16)7-10(14)17/h9,11H,4-8,15H2,1-3H3,(H2,14,17)/t9?,11-/m1/s1. The van der Waals surface area contributed by atoms with E-state index in [0.29, 0.717) is 13.0 Å². The molecule has 1 rings (SSSR count). The van der Waals surface area contributed by atoms with Crippen LogP contribution in [0.4, 0.5) is 0 Å². The third-order valence-corrected chi connectivity index (χ3v) is 3.52. The molecule has 0 aromatic rings. The van der Waals surface area contributed by atoms with Gasteiger partial charge in [-0.2, -0.15) is 0 Å². The normalized spacial score (nSPS) is 22.7. The Hall–Kier alpha value is -1.10. The topological polar surface area (TPSA) is 89.4 Å². The summed E-state index contributed by atoms with van der Waals surface area (Å²) in [5.74, 6) is -0.126. The second-order valence-corrected chi connectivity index (χ2v) is 6.31. The summed E-state index contributed by atoms with van der Waals surface area (Å²) in [7, 11) is 0. The second-order valence-electron chi connectivity index (χ2n) is 6.31. The second kappa shape index (κ2) is 5.69. The predicted octanol–water partition coefficient (Wildman–Crippen LogP) is 0.474. The molecular formula is C13H25N3O2. The lowest BCUT2D eigenvalue weighted by Crippen LogP contribution is -2.53. The van der Waals surface area contributed by atoms with Crippen molar-refractivity contribution in [1.29, 1.82) is 0 Å². The number of carbonyl (C=O) groups is 2. The van der Waals surface area contributed by atoms with E-state index in [1.807, 2.05) is 20.8 Å². The lowest BCUT2D eigenvalue weighted by atomic mass is 9.85. The van der Waals surface area contributed by atoms with Crippen LogP contribution in [-0.4, -0.2) is 35.8 Å². The van der Waals surface area contributed by atoms with E-state index in [0.717, 1.165) is 19.4 Å². The highest BCUT2D eigenvalue weighted by atomic mass is 16.2. The molecule has 0 aromatic carbocycles. The Morgan fingerprint density at radius 1 is 1.39 bits per heavy atom. The maximum absolute atomic E-state index is 12.3. The minimum absolute atomic E-state index is 0.0170. The van der Waals surface area contributed by atoms with Crippen LogP contribution in [0, 0.1) is 11.3 Å². The third-order valence-electron chi connectivity index (χ3n) is 3.52. The quantitative estimate of drug-likeness (QED) is 0.768. The molecule has 2 atom stereocenters. The van der Waals surface area contributed by atoms with Gasteiger partial charge >= 0.3 is 0 Å². The number of hydrogen-bond acceptors (Lipinski definition) is 3. The molecule has 2 amide bonds. The largest absolute Gasteiger partial charge is 0.370 e. The molecule has 1 aliphatic rings. The molecule has 0 saturated carbocycles. The molecule has 1 unspecified atom stereocenters. The minimum Gasteiger partial charge on any atom is -0.370 e. The number of nitrogens with two attached hydrogens (primary N) is 2. The molecule has 0 spiro atoms. The zero-order chi connectivity index (χ0) is 13.9. The van der Waals surface area contributed by atoms with Crippen LogP contribution >= 0.6 is 0 Å². The maximum Gasteiger partial charge on any atom is 0.240 e. The zero-order valence-electron chi connectivity index (χ0n) is 11.6. The van der Waals surface area contributed by atoms with Gasteiger partial charge in [0, 0.05) is 19.5 Å². The smallest absolute Gasteiger partial charge is 0.240 e. The van der Waals surface area contributed by atoms with Crippen LogP contribution in [0.2, 0.25) is 0 Å². The highest BCUT2D eigenvalue weighted by molar-refractivity contribution is 5.82. The molecule has 0 radical (unpaired) electrons. The Labute approximate surface area is 109 Å². The minimum atomic E-state index is -0.496. The van der Waals surface area contributed by atoms with Crippen LogP contribution in [0.5, 0.6) is 0 Å². The van der Waals surface area contributed by atoms with Crippen molar-refractivity contribution in [2.24, 2.45) is 22.8 Å². The summed E-state index contributed by atoms with van der Waals surface area (Å²) in [4.78, 5) is 25.0. The van der Waals surface area contributed by atoms with Crippen LogP contribution in [0.25, 0.3) is 0 Å². The first kappa shape index (κ1) is 15.0. The van der Waals surface area contributed by atoms with Gasteiger partial charge in [0.25, 0.3) is 0 Å². The van der Waals surface area contributed by atoms with Gasteiger partial charge in [0.2, 0.25) is 11.8 Å². The lowest BCUT2D eigenvalue weighted by Gasteiger charge is -2.37. The van der Waals surface area contributed by atoms with Gasteiger partial charge in [-0.25, -0.2) is 0 Å². The van der Waals surface area contributed by atoms with Gasteiger partial charge in [0.05, 0.1) is 6.04 Å². The van der Waals surface area contributed by atoms with Crippen molar-refractivity contribution < 1.29 is 9.59 Å². The Bertz CT molecular complexity index is 323. The van der Waals surface area contributed by atoms with E-state index in [4.69, 9.17) is 11.5 Å².